The standard InChI is InChI=1S/C11H21N3O/c1-5-12-10(3)11-6-13-14(8-11)7-9(2)15-4/h6,8-10,12H,5,7H2,1-4H3. The van der Waals surface area contributed by atoms with Crippen LogP contribution in [0.1, 0.15) is 32.4 Å². The summed E-state index contributed by atoms with van der Waals surface area (Å²) in [5, 5.41) is 7.66. The number of aromatic nitrogens is 2. The molecule has 4 heteroatoms. The van der Waals surface area contributed by atoms with Crippen LogP contribution in [0.3, 0.4) is 0 Å². The highest BCUT2D eigenvalue weighted by Gasteiger charge is 2.07. The molecule has 2 atom stereocenters. The number of nitrogens with zero attached hydrogens (tertiary/aromatic N) is 2. The number of hydrogen-bond acceptors (Lipinski definition) is 3. The van der Waals surface area contributed by atoms with E-state index in [1.165, 1.54) is 5.56 Å². The summed E-state index contributed by atoms with van der Waals surface area (Å²) >= 11 is 0. The Kier molecular flexibility index (Phi) is 4.78. The lowest BCUT2D eigenvalue weighted by Crippen LogP contribution is -2.17. The predicted octanol–water partition coefficient (Wildman–Crippen LogP) is 1.59. The first-order chi connectivity index (χ1) is 7.17. The van der Waals surface area contributed by atoms with Crippen LogP contribution in [-0.4, -0.2) is 29.5 Å². The molecule has 1 aromatic heterocycles. The van der Waals surface area contributed by atoms with Gasteiger partial charge in [0.05, 0.1) is 18.8 Å². The number of ether oxygens (including phenoxy) is 1. The zero-order chi connectivity index (χ0) is 11.3. The molecule has 1 heterocycles. The minimum atomic E-state index is 0.201. The van der Waals surface area contributed by atoms with Crippen LogP contribution >= 0.6 is 0 Å². The van der Waals surface area contributed by atoms with Gasteiger partial charge in [-0.05, 0) is 20.4 Å². The van der Waals surface area contributed by atoms with Crippen LogP contribution in [0.15, 0.2) is 12.4 Å². The van der Waals surface area contributed by atoms with Crippen molar-refractivity contribution in [1.29, 1.82) is 0 Å². The van der Waals surface area contributed by atoms with Crippen LogP contribution in [0.2, 0.25) is 0 Å². The summed E-state index contributed by atoms with van der Waals surface area (Å²) < 4.78 is 7.12. The molecule has 2 unspecified atom stereocenters. The molecule has 0 radical (unpaired) electrons. The molecular weight excluding hydrogens is 190 g/mol. The number of methoxy groups -OCH3 is 1. The van der Waals surface area contributed by atoms with Gasteiger partial charge in [0, 0.05) is 24.9 Å². The summed E-state index contributed by atoms with van der Waals surface area (Å²) in [4.78, 5) is 0. The molecule has 0 aliphatic heterocycles. The van der Waals surface area contributed by atoms with E-state index in [2.05, 4.69) is 30.5 Å². The van der Waals surface area contributed by atoms with Gasteiger partial charge >= 0.3 is 0 Å². The third-order valence-electron chi connectivity index (χ3n) is 2.51. The minimum absolute atomic E-state index is 0.201. The molecule has 86 valence electrons. The highest BCUT2D eigenvalue weighted by atomic mass is 16.5. The average molecular weight is 211 g/mol. The first-order valence-electron chi connectivity index (χ1n) is 5.45. The van der Waals surface area contributed by atoms with Crippen molar-refractivity contribution in [2.75, 3.05) is 13.7 Å². The molecule has 0 saturated heterocycles. The molecule has 0 amide bonds. The lowest BCUT2D eigenvalue weighted by molar-refractivity contribution is 0.0998. The Morgan fingerprint density at radius 2 is 2.27 bits per heavy atom. The van der Waals surface area contributed by atoms with Gasteiger partial charge in [-0.15, -0.1) is 0 Å². The van der Waals surface area contributed by atoms with Crippen LogP contribution in [0, 0.1) is 0 Å². The lowest BCUT2D eigenvalue weighted by atomic mass is 10.2. The van der Waals surface area contributed by atoms with E-state index in [0.717, 1.165) is 13.1 Å². The first-order valence-corrected chi connectivity index (χ1v) is 5.45. The molecular formula is C11H21N3O. The first kappa shape index (κ1) is 12.2. The summed E-state index contributed by atoms with van der Waals surface area (Å²) in [5.41, 5.74) is 1.22. The van der Waals surface area contributed by atoms with Crippen molar-refractivity contribution < 1.29 is 4.74 Å². The normalized spacial score (nSPS) is 15.2. The van der Waals surface area contributed by atoms with Crippen LogP contribution < -0.4 is 5.32 Å². The lowest BCUT2D eigenvalue weighted by Gasteiger charge is -2.10. The Labute approximate surface area is 91.6 Å². The zero-order valence-corrected chi connectivity index (χ0v) is 10.0. The van der Waals surface area contributed by atoms with Gasteiger partial charge in [-0.1, -0.05) is 6.92 Å². The SMILES string of the molecule is CCNC(C)c1cnn(CC(C)OC)c1. The zero-order valence-electron chi connectivity index (χ0n) is 10.0. The molecule has 1 N–H and O–H groups in total. The van der Waals surface area contributed by atoms with Crippen LogP contribution in [0.25, 0.3) is 0 Å². The summed E-state index contributed by atoms with van der Waals surface area (Å²) in [6.45, 7) is 8.06. The highest BCUT2D eigenvalue weighted by molar-refractivity contribution is 5.09. The van der Waals surface area contributed by atoms with Crippen molar-refractivity contribution >= 4 is 0 Å². The number of nitrogens with one attached hydrogen (secondary N) is 1. The largest absolute Gasteiger partial charge is 0.380 e. The average Bonchev–Trinajstić information content (AvgIpc) is 2.66. The predicted molar refractivity (Wildman–Crippen MR) is 60.8 cm³/mol. The fraction of sp³-hybridized carbons (Fsp3) is 0.727. The smallest absolute Gasteiger partial charge is 0.0739 e. The molecule has 0 fully saturated rings. The van der Waals surface area contributed by atoms with E-state index in [0.29, 0.717) is 6.04 Å². The summed E-state index contributed by atoms with van der Waals surface area (Å²) in [6.07, 6.45) is 4.19. The maximum atomic E-state index is 5.19. The van der Waals surface area contributed by atoms with Crippen molar-refractivity contribution in [3.05, 3.63) is 18.0 Å². The molecule has 0 aliphatic carbocycles. The molecule has 0 saturated carbocycles. The van der Waals surface area contributed by atoms with E-state index in [1.54, 1.807) is 7.11 Å². The van der Waals surface area contributed by atoms with Crippen molar-refractivity contribution in [2.24, 2.45) is 0 Å². The van der Waals surface area contributed by atoms with Crippen molar-refractivity contribution in [2.45, 2.75) is 39.5 Å². The molecule has 1 rings (SSSR count). The van der Waals surface area contributed by atoms with Crippen LogP contribution in [0.5, 0.6) is 0 Å². The van der Waals surface area contributed by atoms with Gasteiger partial charge in [0.25, 0.3) is 0 Å². The van der Waals surface area contributed by atoms with Crippen molar-refractivity contribution in [3.8, 4) is 0 Å². The maximum absolute atomic E-state index is 5.19. The van der Waals surface area contributed by atoms with Gasteiger partial charge in [-0.25, -0.2) is 0 Å². The molecule has 0 spiro atoms. The van der Waals surface area contributed by atoms with Gasteiger partial charge < -0.3 is 10.1 Å². The third-order valence-corrected chi connectivity index (χ3v) is 2.51. The van der Waals surface area contributed by atoms with Gasteiger partial charge in [0.2, 0.25) is 0 Å². The minimum Gasteiger partial charge on any atom is -0.380 e. The Bertz CT molecular complexity index is 285. The second-order valence-corrected chi connectivity index (χ2v) is 3.82. The van der Waals surface area contributed by atoms with Crippen LogP contribution in [-0.2, 0) is 11.3 Å². The Balaban J connectivity index is 2.55. The second kappa shape index (κ2) is 5.88. The van der Waals surface area contributed by atoms with E-state index in [1.807, 2.05) is 17.8 Å². The monoisotopic (exact) mass is 211 g/mol. The van der Waals surface area contributed by atoms with Gasteiger partial charge in [0.15, 0.2) is 0 Å². The summed E-state index contributed by atoms with van der Waals surface area (Å²) in [5.74, 6) is 0. The van der Waals surface area contributed by atoms with Gasteiger partial charge in [0.1, 0.15) is 0 Å². The van der Waals surface area contributed by atoms with E-state index < -0.39 is 0 Å². The van der Waals surface area contributed by atoms with Crippen LogP contribution in [0.4, 0.5) is 0 Å². The molecule has 4 nitrogen and oxygen atoms in total. The number of hydrogen-bond donors (Lipinski definition) is 1. The van der Waals surface area contributed by atoms with E-state index in [4.69, 9.17) is 4.74 Å². The molecule has 15 heavy (non-hydrogen) atoms. The molecule has 0 bridgehead atoms. The van der Waals surface area contributed by atoms with Crippen molar-refractivity contribution in [1.82, 2.24) is 15.1 Å². The number of rotatable bonds is 6. The maximum Gasteiger partial charge on any atom is 0.0739 e. The third kappa shape index (κ3) is 3.64. The fourth-order valence-electron chi connectivity index (χ4n) is 1.47. The Morgan fingerprint density at radius 1 is 1.53 bits per heavy atom. The van der Waals surface area contributed by atoms with E-state index >= 15 is 0 Å². The van der Waals surface area contributed by atoms with Gasteiger partial charge in [-0.2, -0.15) is 5.10 Å². The Hall–Kier alpha value is -0.870. The molecule has 1 aromatic rings. The van der Waals surface area contributed by atoms with Gasteiger partial charge in [-0.3, -0.25) is 4.68 Å². The summed E-state index contributed by atoms with van der Waals surface area (Å²) in [6, 6.07) is 0.363. The summed E-state index contributed by atoms with van der Waals surface area (Å²) in [7, 11) is 1.72. The molecule has 0 aliphatic rings. The Morgan fingerprint density at radius 3 is 2.87 bits per heavy atom. The molecule has 0 aromatic carbocycles. The van der Waals surface area contributed by atoms with E-state index in [-0.39, 0.29) is 6.10 Å². The fourth-order valence-corrected chi connectivity index (χ4v) is 1.47. The van der Waals surface area contributed by atoms with Crippen molar-refractivity contribution in [3.63, 3.8) is 0 Å². The quantitative estimate of drug-likeness (QED) is 0.776. The second-order valence-electron chi connectivity index (χ2n) is 3.82. The van der Waals surface area contributed by atoms with E-state index in [9.17, 15) is 0 Å². The highest BCUT2D eigenvalue weighted by Crippen LogP contribution is 2.10. The topological polar surface area (TPSA) is 39.1 Å².